The van der Waals surface area contributed by atoms with Crippen LogP contribution < -0.4 is 16.0 Å². The molecule has 0 saturated carbocycles. The van der Waals surface area contributed by atoms with Crippen LogP contribution in [0.1, 0.15) is 50.1 Å². The molecule has 1 unspecified atom stereocenters. The van der Waals surface area contributed by atoms with Crippen LogP contribution in [0.5, 0.6) is 0 Å². The molecule has 0 aliphatic rings. The number of nitrogens with zero attached hydrogens (tertiary/aromatic N) is 1. The lowest BCUT2D eigenvalue weighted by atomic mass is 9.98. The minimum Gasteiger partial charge on any atom is -0.386 e. The third kappa shape index (κ3) is 12.3. The third-order valence-corrected chi connectivity index (χ3v) is 6.86. The van der Waals surface area contributed by atoms with Gasteiger partial charge in [0.15, 0.2) is 0 Å². The number of hydrogen-bond donors (Lipinski definition) is 3. The van der Waals surface area contributed by atoms with Gasteiger partial charge in [0.05, 0.1) is 12.5 Å². The lowest BCUT2D eigenvalue weighted by Gasteiger charge is -2.24. The second-order valence-corrected chi connectivity index (χ2v) is 10.4. The fraction of sp³-hybridized carbons (Fsp3) is 0.364. The van der Waals surface area contributed by atoms with Gasteiger partial charge in [-0.3, -0.25) is 14.4 Å². The Morgan fingerprint density at radius 1 is 0.848 bits per heavy atom. The molecule has 2 atom stereocenters. The molecule has 0 fully saturated rings. The van der Waals surface area contributed by atoms with Crippen molar-refractivity contribution in [2.24, 2.45) is 0 Å². The molecule has 13 heteroatoms. The summed E-state index contributed by atoms with van der Waals surface area (Å²) in [7, 11) is 1.43. The van der Waals surface area contributed by atoms with E-state index in [1.807, 2.05) is 48.5 Å². The normalized spacial score (nSPS) is 12.4. The van der Waals surface area contributed by atoms with Crippen molar-refractivity contribution in [3.05, 3.63) is 84.6 Å². The van der Waals surface area contributed by atoms with Crippen molar-refractivity contribution in [3.63, 3.8) is 0 Å². The van der Waals surface area contributed by atoms with Crippen molar-refractivity contribution in [2.45, 2.75) is 56.8 Å². The summed E-state index contributed by atoms with van der Waals surface area (Å²) < 4.78 is 47.2. The molecule has 2 amide bonds. The zero-order valence-corrected chi connectivity index (χ0v) is 25.3. The van der Waals surface area contributed by atoms with Crippen molar-refractivity contribution in [1.82, 2.24) is 15.6 Å². The predicted octanol–water partition coefficient (Wildman–Crippen LogP) is 5.12. The van der Waals surface area contributed by atoms with Gasteiger partial charge in [0.25, 0.3) is 0 Å². The summed E-state index contributed by atoms with van der Waals surface area (Å²) in [5.74, 6) is -4.42. The number of methoxy groups -OCH3 is 1. The molecule has 3 N–H and O–H groups in total. The summed E-state index contributed by atoms with van der Waals surface area (Å²) in [6, 6.07) is 19.3. The van der Waals surface area contributed by atoms with Crippen LogP contribution in [-0.4, -0.2) is 61.2 Å². The Labute approximate surface area is 265 Å². The van der Waals surface area contributed by atoms with Crippen LogP contribution in [0.4, 0.5) is 19.0 Å². The van der Waals surface area contributed by atoms with Crippen LogP contribution in [-0.2, 0) is 28.7 Å². The van der Waals surface area contributed by atoms with E-state index in [9.17, 15) is 32.3 Å². The average Bonchev–Trinajstić information content (AvgIpc) is 3.04. The standard InChI is InChI=1S/C33H37F3N4O6/c1-45-21-18-26(39-29(41)13-6-3-8-19-37-28-12-7-9-20-38-28)31(43)40-27(22-30(42)46-32(44)33(34,35)36)25-16-14-24(15-17-25)23-10-4-2-5-11-23/h2,4-5,7,9-12,14-17,20,26-27H,3,6,8,13,18-19,21-22H2,1H3,(H,37,38)(H,39,41)(H,40,43)/t26-,27?/m0/s1. The number of pyridine rings is 1. The number of carbonyl (C=O) groups excluding carboxylic acids is 4. The highest BCUT2D eigenvalue weighted by Crippen LogP contribution is 2.25. The molecule has 46 heavy (non-hydrogen) atoms. The highest BCUT2D eigenvalue weighted by molar-refractivity contribution is 5.90. The predicted molar refractivity (Wildman–Crippen MR) is 164 cm³/mol. The van der Waals surface area contributed by atoms with E-state index >= 15 is 0 Å². The van der Waals surface area contributed by atoms with E-state index in [0.29, 0.717) is 18.5 Å². The number of alkyl halides is 3. The Morgan fingerprint density at radius 2 is 1.54 bits per heavy atom. The summed E-state index contributed by atoms with van der Waals surface area (Å²) in [6.45, 7) is 0.804. The number of esters is 2. The van der Waals surface area contributed by atoms with Crippen molar-refractivity contribution < 1.29 is 41.8 Å². The molecule has 0 spiro atoms. The first-order valence-electron chi connectivity index (χ1n) is 14.8. The quantitative estimate of drug-likeness (QED) is 0.105. The van der Waals surface area contributed by atoms with Gasteiger partial charge in [-0.1, -0.05) is 67.1 Å². The molecule has 0 aliphatic heterocycles. The summed E-state index contributed by atoms with van der Waals surface area (Å²) in [4.78, 5) is 53.9. The lowest BCUT2D eigenvalue weighted by Crippen LogP contribution is -2.48. The Hall–Kier alpha value is -4.78. The van der Waals surface area contributed by atoms with Gasteiger partial charge in [-0.2, -0.15) is 13.2 Å². The van der Waals surface area contributed by atoms with Gasteiger partial charge in [-0.05, 0) is 48.1 Å². The Bertz CT molecular complexity index is 1410. The summed E-state index contributed by atoms with van der Waals surface area (Å²) in [5, 5.41) is 8.51. The summed E-state index contributed by atoms with van der Waals surface area (Å²) in [6.07, 6.45) is -2.06. The van der Waals surface area contributed by atoms with Gasteiger partial charge in [0.1, 0.15) is 11.9 Å². The van der Waals surface area contributed by atoms with E-state index < -0.39 is 42.5 Å². The van der Waals surface area contributed by atoms with Gasteiger partial charge in [-0.15, -0.1) is 0 Å². The Kier molecular flexibility index (Phi) is 14.2. The number of ether oxygens (including phenoxy) is 2. The number of nitrogens with one attached hydrogen (secondary N) is 3. The first-order chi connectivity index (χ1) is 22.1. The maximum absolute atomic E-state index is 13.4. The number of rotatable bonds is 17. The number of halogens is 3. The minimum atomic E-state index is -5.36. The SMILES string of the molecule is COCC[C@H](NC(=O)CCCCCNc1ccccn1)C(=O)NC(CC(=O)OC(=O)C(F)(F)F)c1ccc(-c2ccccc2)cc1. The van der Waals surface area contributed by atoms with Gasteiger partial charge in [0.2, 0.25) is 11.8 Å². The number of anilines is 1. The zero-order chi connectivity index (χ0) is 33.4. The largest absolute Gasteiger partial charge is 0.491 e. The molecule has 246 valence electrons. The average molecular weight is 643 g/mol. The van der Waals surface area contributed by atoms with Crippen molar-refractivity contribution in [1.29, 1.82) is 0 Å². The van der Waals surface area contributed by atoms with Crippen molar-refractivity contribution >= 4 is 29.6 Å². The van der Waals surface area contributed by atoms with Crippen LogP contribution in [0.25, 0.3) is 11.1 Å². The minimum absolute atomic E-state index is 0.0960. The van der Waals surface area contributed by atoms with E-state index in [4.69, 9.17) is 4.74 Å². The molecule has 0 bridgehead atoms. The first kappa shape index (κ1) is 35.7. The lowest BCUT2D eigenvalue weighted by molar-refractivity contribution is -0.202. The topological polar surface area (TPSA) is 136 Å². The van der Waals surface area contributed by atoms with E-state index in [1.165, 1.54) is 7.11 Å². The molecule has 3 rings (SSSR count). The Balaban J connectivity index is 1.64. The van der Waals surface area contributed by atoms with E-state index in [0.717, 1.165) is 29.8 Å². The number of hydrogen-bond acceptors (Lipinski definition) is 8. The second kappa shape index (κ2) is 18.3. The highest BCUT2D eigenvalue weighted by Gasteiger charge is 2.42. The van der Waals surface area contributed by atoms with E-state index in [-0.39, 0.29) is 25.4 Å². The second-order valence-electron chi connectivity index (χ2n) is 10.4. The number of carbonyl (C=O) groups is 4. The van der Waals surface area contributed by atoms with Crippen LogP contribution in [0.3, 0.4) is 0 Å². The number of amides is 2. The molecule has 0 radical (unpaired) electrons. The van der Waals surface area contributed by atoms with E-state index in [2.05, 4.69) is 25.7 Å². The van der Waals surface area contributed by atoms with E-state index in [1.54, 1.807) is 30.5 Å². The fourth-order valence-electron chi connectivity index (χ4n) is 4.47. The fourth-order valence-corrected chi connectivity index (χ4v) is 4.47. The first-order valence-corrected chi connectivity index (χ1v) is 14.8. The molecular formula is C33H37F3N4O6. The zero-order valence-electron chi connectivity index (χ0n) is 25.3. The van der Waals surface area contributed by atoms with Crippen LogP contribution in [0, 0.1) is 0 Å². The highest BCUT2D eigenvalue weighted by atomic mass is 19.4. The number of unbranched alkanes of at least 4 members (excludes halogenated alkanes) is 2. The molecule has 2 aromatic carbocycles. The molecule has 0 saturated heterocycles. The number of benzene rings is 2. The molecule has 1 aromatic heterocycles. The summed E-state index contributed by atoms with van der Waals surface area (Å²) in [5.41, 5.74) is 2.10. The monoisotopic (exact) mass is 642 g/mol. The number of aromatic nitrogens is 1. The summed E-state index contributed by atoms with van der Waals surface area (Å²) >= 11 is 0. The van der Waals surface area contributed by atoms with Crippen molar-refractivity contribution in [3.8, 4) is 11.1 Å². The maximum Gasteiger partial charge on any atom is 0.491 e. The van der Waals surface area contributed by atoms with Gasteiger partial charge in [-0.25, -0.2) is 9.78 Å². The van der Waals surface area contributed by atoms with Crippen molar-refractivity contribution in [2.75, 3.05) is 25.6 Å². The van der Waals surface area contributed by atoms with Crippen LogP contribution in [0.15, 0.2) is 79.0 Å². The van der Waals surface area contributed by atoms with Crippen LogP contribution >= 0.6 is 0 Å². The molecule has 10 nitrogen and oxygen atoms in total. The third-order valence-electron chi connectivity index (χ3n) is 6.86. The van der Waals surface area contributed by atoms with Crippen LogP contribution in [0.2, 0.25) is 0 Å². The van der Waals surface area contributed by atoms with Gasteiger partial charge >= 0.3 is 18.1 Å². The molecule has 1 heterocycles. The Morgan fingerprint density at radius 3 is 2.20 bits per heavy atom. The smallest absolute Gasteiger partial charge is 0.386 e. The van der Waals surface area contributed by atoms with Gasteiger partial charge < -0.3 is 25.4 Å². The molecule has 3 aromatic rings. The maximum atomic E-state index is 13.4. The molecular weight excluding hydrogens is 605 g/mol. The van der Waals surface area contributed by atoms with Gasteiger partial charge in [0, 0.05) is 32.9 Å². The molecule has 0 aliphatic carbocycles.